The average molecular weight is 426 g/mol. The number of alkyl halides is 1. The summed E-state index contributed by atoms with van der Waals surface area (Å²) in [6.07, 6.45) is 1.79. The molecule has 2 nitrogen and oxygen atoms in total. The zero-order chi connectivity index (χ0) is 21.4. The van der Waals surface area contributed by atoms with Crippen LogP contribution < -0.4 is 5.73 Å². The molecule has 6 rings (SSSR count). The number of nitrogens with two attached hydrogens (primary N) is 1. The van der Waals surface area contributed by atoms with Crippen molar-refractivity contribution in [2.24, 2.45) is 5.73 Å². The van der Waals surface area contributed by atoms with Gasteiger partial charge < -0.3 is 10.8 Å². The highest BCUT2D eigenvalue weighted by Gasteiger charge is 2.24. The molecule has 0 aromatic heterocycles. The van der Waals surface area contributed by atoms with E-state index in [0.717, 1.165) is 23.6 Å². The average Bonchev–Trinajstić information content (AvgIpc) is 2.79. The van der Waals surface area contributed by atoms with Crippen LogP contribution in [0.15, 0.2) is 91.0 Å². The van der Waals surface area contributed by atoms with Crippen molar-refractivity contribution < 1.29 is 5.11 Å². The first-order valence-electron chi connectivity index (χ1n) is 10.6. The highest BCUT2D eigenvalue weighted by atomic mass is 35.5. The summed E-state index contributed by atoms with van der Waals surface area (Å²) in [5.74, 6) is 0.323. The number of rotatable bonds is 0. The lowest BCUT2D eigenvalue weighted by molar-refractivity contribution is 0.476. The van der Waals surface area contributed by atoms with Crippen LogP contribution in [-0.4, -0.2) is 11.1 Å². The monoisotopic (exact) mass is 425 g/mol. The fourth-order valence-electron chi connectivity index (χ4n) is 4.60. The van der Waals surface area contributed by atoms with Gasteiger partial charge in [-0.15, -0.1) is 11.6 Å². The lowest BCUT2D eigenvalue weighted by atomic mass is 9.84. The second kappa shape index (κ2) is 8.22. The van der Waals surface area contributed by atoms with Crippen LogP contribution in [0.5, 0.6) is 5.75 Å². The number of phenolic OH excluding ortho intramolecular Hbond substituents is 1. The minimum Gasteiger partial charge on any atom is -0.508 e. The molecule has 0 saturated carbocycles. The maximum atomic E-state index is 9.13. The van der Waals surface area contributed by atoms with Crippen LogP contribution in [0.1, 0.15) is 22.9 Å². The fraction of sp³-hybridized carbons (Fsp3) is 0.143. The van der Waals surface area contributed by atoms with Gasteiger partial charge in [-0.25, -0.2) is 0 Å². The molecule has 2 atom stereocenters. The van der Waals surface area contributed by atoms with E-state index in [0.29, 0.717) is 5.75 Å². The zero-order valence-electron chi connectivity index (χ0n) is 17.1. The molecule has 0 amide bonds. The summed E-state index contributed by atoms with van der Waals surface area (Å²) in [4.78, 5) is 0. The molecule has 1 aliphatic rings. The van der Waals surface area contributed by atoms with Gasteiger partial charge in [-0.1, -0.05) is 78.9 Å². The van der Waals surface area contributed by atoms with E-state index in [9.17, 15) is 0 Å². The number of phenols is 1. The predicted octanol–water partition coefficient (Wildman–Crippen LogP) is 7.09. The smallest absolute Gasteiger partial charge is 0.116 e. The van der Waals surface area contributed by atoms with Crippen molar-refractivity contribution in [3.8, 4) is 5.75 Å². The summed E-state index contributed by atoms with van der Waals surface area (Å²) >= 11 is 6.48. The molecule has 0 saturated heterocycles. The van der Waals surface area contributed by atoms with Gasteiger partial charge in [-0.3, -0.25) is 0 Å². The quantitative estimate of drug-likeness (QED) is 0.205. The van der Waals surface area contributed by atoms with Crippen LogP contribution in [0.4, 0.5) is 0 Å². The Morgan fingerprint density at radius 2 is 1.39 bits per heavy atom. The molecule has 31 heavy (non-hydrogen) atoms. The minimum absolute atomic E-state index is 0.0459. The first-order valence-corrected chi connectivity index (χ1v) is 11.0. The second-order valence-electron chi connectivity index (χ2n) is 8.21. The van der Waals surface area contributed by atoms with Crippen LogP contribution in [0, 0.1) is 0 Å². The summed E-state index contributed by atoms with van der Waals surface area (Å²) in [6.45, 7) is 0. The third-order valence-corrected chi connectivity index (χ3v) is 6.53. The molecule has 5 aromatic carbocycles. The highest BCUT2D eigenvalue weighted by molar-refractivity contribution is 6.21. The Balaban J connectivity index is 0.000000157. The van der Waals surface area contributed by atoms with E-state index in [-0.39, 0.29) is 11.4 Å². The van der Waals surface area contributed by atoms with Crippen molar-refractivity contribution in [3.05, 3.63) is 102 Å². The Bertz CT molecular complexity index is 1390. The predicted molar refractivity (Wildman–Crippen MR) is 132 cm³/mol. The van der Waals surface area contributed by atoms with Gasteiger partial charge in [-0.05, 0) is 68.4 Å². The first kappa shape index (κ1) is 19.9. The molecule has 5 aromatic rings. The van der Waals surface area contributed by atoms with Crippen molar-refractivity contribution in [2.75, 3.05) is 0 Å². The first-order chi connectivity index (χ1) is 15.1. The SMILES string of the molecule is NC1Cc2c(ccc3c2ccc2ccccc23)C(Cl)C1.Oc1ccc2ccccc2c1. The molecule has 0 fully saturated rings. The minimum atomic E-state index is 0.0459. The Hall–Kier alpha value is -3.07. The van der Waals surface area contributed by atoms with Crippen LogP contribution in [0.2, 0.25) is 0 Å². The van der Waals surface area contributed by atoms with Gasteiger partial charge in [0.25, 0.3) is 0 Å². The van der Waals surface area contributed by atoms with E-state index in [4.69, 9.17) is 22.4 Å². The van der Waals surface area contributed by atoms with Crippen LogP contribution in [-0.2, 0) is 6.42 Å². The molecule has 0 aliphatic heterocycles. The number of fused-ring (bicyclic) bond motifs is 6. The number of hydrogen-bond donors (Lipinski definition) is 2. The standard InChI is InChI=1S/C18H16ClN.C10H8O/c19-18-10-12(20)9-17-15-6-5-11-3-1-2-4-13(11)14(15)7-8-16(17)18;11-10-6-5-8-3-1-2-4-9(8)7-10/h1-8,12,18H,9-10,20H2;1-7,11H. The van der Waals surface area contributed by atoms with Crippen LogP contribution >= 0.6 is 11.6 Å². The molecule has 154 valence electrons. The fourth-order valence-corrected chi connectivity index (χ4v) is 5.04. The Labute approximate surface area is 186 Å². The molecule has 3 heteroatoms. The van der Waals surface area contributed by atoms with Crippen molar-refractivity contribution in [1.29, 1.82) is 0 Å². The molecule has 0 heterocycles. The van der Waals surface area contributed by atoms with Crippen LogP contribution in [0.25, 0.3) is 32.3 Å². The van der Waals surface area contributed by atoms with Crippen molar-refractivity contribution in [3.63, 3.8) is 0 Å². The van der Waals surface area contributed by atoms with Gasteiger partial charge in [-0.2, -0.15) is 0 Å². The topological polar surface area (TPSA) is 46.2 Å². The van der Waals surface area contributed by atoms with Gasteiger partial charge >= 0.3 is 0 Å². The van der Waals surface area contributed by atoms with Gasteiger partial charge in [0.05, 0.1) is 5.38 Å². The molecule has 0 spiro atoms. The number of halogens is 1. The lowest BCUT2D eigenvalue weighted by Crippen LogP contribution is -2.29. The molecular weight excluding hydrogens is 402 g/mol. The summed E-state index contributed by atoms with van der Waals surface area (Å²) < 4.78 is 0. The molecule has 2 unspecified atom stereocenters. The van der Waals surface area contributed by atoms with Gasteiger partial charge in [0.15, 0.2) is 0 Å². The van der Waals surface area contributed by atoms with E-state index >= 15 is 0 Å². The van der Waals surface area contributed by atoms with Gasteiger partial charge in [0.1, 0.15) is 5.75 Å². The van der Waals surface area contributed by atoms with E-state index in [1.165, 1.54) is 32.7 Å². The van der Waals surface area contributed by atoms with E-state index in [2.05, 4.69) is 48.5 Å². The largest absolute Gasteiger partial charge is 0.508 e. The van der Waals surface area contributed by atoms with Crippen molar-refractivity contribution >= 4 is 43.9 Å². The van der Waals surface area contributed by atoms with Gasteiger partial charge in [0.2, 0.25) is 0 Å². The second-order valence-corrected chi connectivity index (χ2v) is 8.74. The highest BCUT2D eigenvalue weighted by Crippen LogP contribution is 2.39. The number of aromatic hydroxyl groups is 1. The van der Waals surface area contributed by atoms with Gasteiger partial charge in [0, 0.05) is 6.04 Å². The third-order valence-electron chi connectivity index (χ3n) is 6.12. The van der Waals surface area contributed by atoms with Crippen molar-refractivity contribution in [2.45, 2.75) is 24.3 Å². The van der Waals surface area contributed by atoms with E-state index in [1.54, 1.807) is 12.1 Å². The number of hydrogen-bond acceptors (Lipinski definition) is 2. The third kappa shape index (κ3) is 3.85. The molecule has 0 radical (unpaired) electrons. The molecule has 3 N–H and O–H groups in total. The molecule has 0 bridgehead atoms. The van der Waals surface area contributed by atoms with E-state index < -0.39 is 0 Å². The molecular formula is C28H24ClNO. The Kier molecular flexibility index (Phi) is 5.27. The van der Waals surface area contributed by atoms with Crippen LogP contribution in [0.3, 0.4) is 0 Å². The maximum absolute atomic E-state index is 9.13. The summed E-state index contributed by atoms with van der Waals surface area (Å²) in [5, 5.41) is 16.6. The summed E-state index contributed by atoms with van der Waals surface area (Å²) in [6, 6.07) is 30.8. The molecule has 1 aliphatic carbocycles. The summed E-state index contributed by atoms with van der Waals surface area (Å²) in [5.41, 5.74) is 8.76. The van der Waals surface area contributed by atoms with E-state index in [1.807, 2.05) is 30.3 Å². The normalized spacial score (nSPS) is 17.9. The maximum Gasteiger partial charge on any atom is 0.116 e. The summed E-state index contributed by atoms with van der Waals surface area (Å²) in [7, 11) is 0. The lowest BCUT2D eigenvalue weighted by Gasteiger charge is -2.27. The Morgan fingerprint density at radius 1 is 0.710 bits per heavy atom. The number of benzene rings is 5. The zero-order valence-corrected chi connectivity index (χ0v) is 17.9. The Morgan fingerprint density at radius 3 is 2.23 bits per heavy atom. The van der Waals surface area contributed by atoms with Crippen molar-refractivity contribution in [1.82, 2.24) is 0 Å².